The lowest BCUT2D eigenvalue weighted by atomic mass is 10.0. The van der Waals surface area contributed by atoms with Crippen LogP contribution >= 0.6 is 15.9 Å². The van der Waals surface area contributed by atoms with Gasteiger partial charge in [0, 0.05) is 16.4 Å². The van der Waals surface area contributed by atoms with Gasteiger partial charge < -0.3 is 16.3 Å². The number of oxime groups is 1. The quantitative estimate of drug-likeness (QED) is 0.344. The molecule has 1 aromatic carbocycles. The molecule has 0 saturated heterocycles. The minimum Gasteiger partial charge on any atom is -0.409 e. The Morgan fingerprint density at radius 3 is 2.84 bits per heavy atom. The van der Waals surface area contributed by atoms with E-state index in [0.29, 0.717) is 5.56 Å². The van der Waals surface area contributed by atoms with Crippen LogP contribution in [0.4, 0.5) is 0 Å². The molecule has 1 saturated carbocycles. The smallest absolute Gasteiger partial charge is 0.252 e. The average Bonchev–Trinajstić information content (AvgIpc) is 2.86. The van der Waals surface area contributed by atoms with Crippen LogP contribution < -0.4 is 11.1 Å². The Balaban J connectivity index is 2.09. The summed E-state index contributed by atoms with van der Waals surface area (Å²) in [6.45, 7) is 0. The Bertz CT molecular complexity index is 504. The summed E-state index contributed by atoms with van der Waals surface area (Å²) < 4.78 is 0.755. The van der Waals surface area contributed by atoms with Crippen LogP contribution in [0.5, 0.6) is 0 Å². The predicted octanol–water partition coefficient (Wildman–Crippen LogP) is 2.09. The molecule has 102 valence electrons. The number of hydrogen-bond acceptors (Lipinski definition) is 3. The van der Waals surface area contributed by atoms with Gasteiger partial charge in [-0.05, 0) is 40.9 Å². The Labute approximate surface area is 120 Å². The SMILES string of the molecule is NC(=NO)C1CCCC1NC(=O)c1ccccc1Br. The van der Waals surface area contributed by atoms with Crippen molar-refractivity contribution < 1.29 is 10.0 Å². The fourth-order valence-corrected chi connectivity index (χ4v) is 2.92. The molecule has 1 aliphatic carbocycles. The Hall–Kier alpha value is -1.56. The lowest BCUT2D eigenvalue weighted by molar-refractivity contribution is 0.0932. The topological polar surface area (TPSA) is 87.7 Å². The zero-order chi connectivity index (χ0) is 13.8. The van der Waals surface area contributed by atoms with Crippen molar-refractivity contribution in [3.8, 4) is 0 Å². The molecule has 0 aromatic heterocycles. The average molecular weight is 326 g/mol. The van der Waals surface area contributed by atoms with Crippen LogP contribution in [0.1, 0.15) is 29.6 Å². The van der Waals surface area contributed by atoms with Crippen LogP contribution in [-0.4, -0.2) is 23.0 Å². The predicted molar refractivity (Wildman–Crippen MR) is 76.1 cm³/mol. The number of carbonyl (C=O) groups excluding carboxylic acids is 1. The van der Waals surface area contributed by atoms with Crippen LogP contribution in [0, 0.1) is 5.92 Å². The molecule has 6 heteroatoms. The third-order valence-corrected chi connectivity index (χ3v) is 4.14. The van der Waals surface area contributed by atoms with Crippen molar-refractivity contribution in [1.29, 1.82) is 0 Å². The van der Waals surface area contributed by atoms with Crippen molar-refractivity contribution in [2.24, 2.45) is 16.8 Å². The fourth-order valence-electron chi connectivity index (χ4n) is 2.45. The zero-order valence-electron chi connectivity index (χ0n) is 10.3. The number of rotatable bonds is 3. The molecule has 5 nitrogen and oxygen atoms in total. The van der Waals surface area contributed by atoms with Crippen LogP contribution in [0.15, 0.2) is 33.9 Å². The normalized spacial score (nSPS) is 23.3. The molecular weight excluding hydrogens is 310 g/mol. The van der Waals surface area contributed by atoms with Gasteiger partial charge in [0.05, 0.1) is 5.56 Å². The van der Waals surface area contributed by atoms with Gasteiger partial charge in [0.2, 0.25) is 0 Å². The number of hydrogen-bond donors (Lipinski definition) is 3. The fraction of sp³-hybridized carbons (Fsp3) is 0.385. The van der Waals surface area contributed by atoms with Crippen molar-refractivity contribution in [1.82, 2.24) is 5.32 Å². The van der Waals surface area contributed by atoms with E-state index in [-0.39, 0.29) is 23.7 Å². The lowest BCUT2D eigenvalue weighted by Gasteiger charge is -2.20. The first-order chi connectivity index (χ1) is 9.13. The molecule has 1 aliphatic rings. The second kappa shape index (κ2) is 6.06. The second-order valence-corrected chi connectivity index (χ2v) is 5.48. The molecule has 0 heterocycles. The zero-order valence-corrected chi connectivity index (χ0v) is 11.9. The standard InChI is InChI=1S/C13H16BrN3O2/c14-10-6-2-1-4-8(10)13(18)16-11-7-3-5-9(11)12(15)17-19/h1-2,4,6,9,11,19H,3,5,7H2,(H2,15,17)(H,16,18). The second-order valence-electron chi connectivity index (χ2n) is 4.62. The molecular formula is C13H16BrN3O2. The molecule has 2 atom stereocenters. The highest BCUT2D eigenvalue weighted by atomic mass is 79.9. The summed E-state index contributed by atoms with van der Waals surface area (Å²) in [6.07, 6.45) is 2.63. The lowest BCUT2D eigenvalue weighted by Crippen LogP contribution is -2.42. The highest BCUT2D eigenvalue weighted by molar-refractivity contribution is 9.10. The van der Waals surface area contributed by atoms with Crippen molar-refractivity contribution in [2.75, 3.05) is 0 Å². The summed E-state index contributed by atoms with van der Waals surface area (Å²) >= 11 is 3.35. The number of amidine groups is 1. The van der Waals surface area contributed by atoms with Gasteiger partial charge in [-0.25, -0.2) is 0 Å². The van der Waals surface area contributed by atoms with Gasteiger partial charge >= 0.3 is 0 Å². The Morgan fingerprint density at radius 1 is 1.42 bits per heavy atom. The van der Waals surface area contributed by atoms with Gasteiger partial charge in [-0.2, -0.15) is 0 Å². The molecule has 4 N–H and O–H groups in total. The number of carbonyl (C=O) groups is 1. The molecule has 1 fully saturated rings. The van der Waals surface area contributed by atoms with E-state index in [1.807, 2.05) is 18.2 Å². The molecule has 0 radical (unpaired) electrons. The van der Waals surface area contributed by atoms with Crippen LogP contribution in [0.3, 0.4) is 0 Å². The minimum absolute atomic E-state index is 0.0736. The monoisotopic (exact) mass is 325 g/mol. The van der Waals surface area contributed by atoms with E-state index in [2.05, 4.69) is 26.4 Å². The highest BCUT2D eigenvalue weighted by Crippen LogP contribution is 2.26. The highest BCUT2D eigenvalue weighted by Gasteiger charge is 2.32. The minimum atomic E-state index is -0.143. The van der Waals surface area contributed by atoms with Gasteiger partial charge in [-0.3, -0.25) is 4.79 Å². The summed E-state index contributed by atoms with van der Waals surface area (Å²) in [4.78, 5) is 12.2. The van der Waals surface area contributed by atoms with Crippen LogP contribution in [0.25, 0.3) is 0 Å². The number of nitrogens with two attached hydrogens (primary N) is 1. The maximum Gasteiger partial charge on any atom is 0.252 e. The number of amides is 1. The summed E-state index contributed by atoms with van der Waals surface area (Å²) in [7, 11) is 0. The molecule has 1 aromatic rings. The van der Waals surface area contributed by atoms with Gasteiger partial charge in [-0.1, -0.05) is 23.7 Å². The molecule has 1 amide bonds. The Kier molecular flexibility index (Phi) is 4.42. The van der Waals surface area contributed by atoms with E-state index in [9.17, 15) is 4.79 Å². The van der Waals surface area contributed by atoms with Gasteiger partial charge in [0.1, 0.15) is 5.84 Å². The molecule has 0 bridgehead atoms. The van der Waals surface area contributed by atoms with Crippen molar-refractivity contribution >= 4 is 27.7 Å². The molecule has 2 rings (SSSR count). The summed E-state index contributed by atoms with van der Waals surface area (Å²) in [5.41, 5.74) is 6.24. The summed E-state index contributed by atoms with van der Waals surface area (Å²) in [5, 5.41) is 14.8. The summed E-state index contributed by atoms with van der Waals surface area (Å²) in [5.74, 6) is -0.0403. The van der Waals surface area contributed by atoms with Gasteiger partial charge in [-0.15, -0.1) is 0 Å². The maximum atomic E-state index is 12.2. The van der Waals surface area contributed by atoms with E-state index >= 15 is 0 Å². The molecule has 2 unspecified atom stereocenters. The summed E-state index contributed by atoms with van der Waals surface area (Å²) in [6, 6.07) is 7.18. The molecule has 19 heavy (non-hydrogen) atoms. The van der Waals surface area contributed by atoms with Gasteiger partial charge in [0.15, 0.2) is 0 Å². The first-order valence-corrected chi connectivity index (χ1v) is 6.95. The van der Waals surface area contributed by atoms with E-state index in [1.54, 1.807) is 6.07 Å². The van der Waals surface area contributed by atoms with Crippen molar-refractivity contribution in [3.05, 3.63) is 34.3 Å². The number of nitrogens with zero attached hydrogens (tertiary/aromatic N) is 1. The first kappa shape index (κ1) is 13.9. The van der Waals surface area contributed by atoms with Crippen LogP contribution in [0.2, 0.25) is 0 Å². The largest absolute Gasteiger partial charge is 0.409 e. The third kappa shape index (κ3) is 3.07. The van der Waals surface area contributed by atoms with E-state index in [0.717, 1.165) is 23.7 Å². The number of benzene rings is 1. The van der Waals surface area contributed by atoms with Crippen molar-refractivity contribution in [3.63, 3.8) is 0 Å². The van der Waals surface area contributed by atoms with E-state index < -0.39 is 0 Å². The Morgan fingerprint density at radius 2 is 2.16 bits per heavy atom. The van der Waals surface area contributed by atoms with E-state index in [1.165, 1.54) is 0 Å². The third-order valence-electron chi connectivity index (χ3n) is 3.45. The van der Waals surface area contributed by atoms with Crippen LogP contribution in [-0.2, 0) is 0 Å². The number of nitrogens with one attached hydrogen (secondary N) is 1. The van der Waals surface area contributed by atoms with Crippen molar-refractivity contribution in [2.45, 2.75) is 25.3 Å². The number of halogens is 1. The molecule has 0 spiro atoms. The van der Waals surface area contributed by atoms with Gasteiger partial charge in [0.25, 0.3) is 5.91 Å². The first-order valence-electron chi connectivity index (χ1n) is 6.16. The van der Waals surface area contributed by atoms with E-state index in [4.69, 9.17) is 10.9 Å². The molecule has 0 aliphatic heterocycles. The maximum absolute atomic E-state index is 12.2.